The number of rotatable bonds is 4. The molecular formula is C8H12O7. The summed E-state index contributed by atoms with van der Waals surface area (Å²) in [5.74, 6) is -1.67. The molecule has 5 N–H and O–H groups in total. The van der Waals surface area contributed by atoms with E-state index in [9.17, 15) is 15.0 Å². The Balaban J connectivity index is 2.62. The van der Waals surface area contributed by atoms with Gasteiger partial charge in [-0.25, -0.2) is 4.79 Å². The second kappa shape index (κ2) is 4.58. The van der Waals surface area contributed by atoms with Crippen molar-refractivity contribution in [3.8, 4) is 0 Å². The Morgan fingerprint density at radius 1 is 1.40 bits per heavy atom. The summed E-state index contributed by atoms with van der Waals surface area (Å²) in [5, 5.41) is 45.0. The molecule has 1 aliphatic heterocycles. The van der Waals surface area contributed by atoms with Crippen molar-refractivity contribution in [1.82, 2.24) is 0 Å². The van der Waals surface area contributed by atoms with Gasteiger partial charge in [-0.2, -0.15) is 0 Å². The molecule has 86 valence electrons. The molecule has 1 aliphatic rings. The van der Waals surface area contributed by atoms with Gasteiger partial charge in [0.05, 0.1) is 6.61 Å². The van der Waals surface area contributed by atoms with Gasteiger partial charge in [0.15, 0.2) is 6.10 Å². The molecule has 0 unspecified atom stereocenters. The molecule has 0 aromatic carbocycles. The highest BCUT2D eigenvalue weighted by Crippen LogP contribution is 2.17. The third kappa shape index (κ3) is 2.45. The van der Waals surface area contributed by atoms with Crippen molar-refractivity contribution in [2.45, 2.75) is 24.4 Å². The summed E-state index contributed by atoms with van der Waals surface area (Å²) < 4.78 is 4.47. The van der Waals surface area contributed by atoms with Crippen LogP contribution in [0.15, 0.2) is 11.8 Å². The van der Waals surface area contributed by atoms with E-state index < -0.39 is 42.8 Å². The molecule has 0 fully saturated rings. The standard InChI is InChI=1S/C8H12O7/c9-2-4(11)6(12)7(13)5-1-3(10)8(14)15-5/h1,4-7,9-13H,2H2/t4-,5-,6-,7-/m1/s1. The van der Waals surface area contributed by atoms with Crippen LogP contribution in [0.25, 0.3) is 0 Å². The average molecular weight is 220 g/mol. The topological polar surface area (TPSA) is 127 Å². The Labute approximate surface area is 84.8 Å². The largest absolute Gasteiger partial charge is 0.502 e. The van der Waals surface area contributed by atoms with Crippen molar-refractivity contribution in [1.29, 1.82) is 0 Å². The van der Waals surface area contributed by atoms with Crippen molar-refractivity contribution in [3.05, 3.63) is 11.8 Å². The molecule has 0 saturated carbocycles. The van der Waals surface area contributed by atoms with Crippen molar-refractivity contribution >= 4 is 5.97 Å². The minimum atomic E-state index is -1.67. The van der Waals surface area contributed by atoms with Crippen LogP contribution in [0, 0.1) is 0 Å². The van der Waals surface area contributed by atoms with Gasteiger partial charge in [-0.1, -0.05) is 0 Å². The van der Waals surface area contributed by atoms with E-state index in [1.54, 1.807) is 0 Å². The van der Waals surface area contributed by atoms with Crippen LogP contribution in [0.5, 0.6) is 0 Å². The van der Waals surface area contributed by atoms with E-state index in [4.69, 9.17) is 15.3 Å². The van der Waals surface area contributed by atoms with E-state index >= 15 is 0 Å². The van der Waals surface area contributed by atoms with Gasteiger partial charge in [0.25, 0.3) is 0 Å². The smallest absolute Gasteiger partial charge is 0.373 e. The van der Waals surface area contributed by atoms with E-state index in [0.29, 0.717) is 0 Å². The molecule has 1 heterocycles. The van der Waals surface area contributed by atoms with Crippen molar-refractivity contribution in [3.63, 3.8) is 0 Å². The molecule has 0 aromatic rings. The highest BCUT2D eigenvalue weighted by atomic mass is 16.6. The number of cyclic esters (lactones) is 1. The maximum absolute atomic E-state index is 10.7. The minimum absolute atomic E-state index is 0.662. The second-order valence-corrected chi connectivity index (χ2v) is 3.15. The average Bonchev–Trinajstić information content (AvgIpc) is 2.56. The van der Waals surface area contributed by atoms with E-state index in [0.717, 1.165) is 6.08 Å². The summed E-state index contributed by atoms with van der Waals surface area (Å²) in [4.78, 5) is 10.7. The predicted molar refractivity (Wildman–Crippen MR) is 45.7 cm³/mol. The number of carbonyl (C=O) groups is 1. The summed E-state index contributed by atoms with van der Waals surface area (Å²) in [5.41, 5.74) is 0. The maximum atomic E-state index is 10.7. The van der Waals surface area contributed by atoms with Gasteiger partial charge in [0.2, 0.25) is 5.76 Å². The Hall–Kier alpha value is -1.15. The molecule has 0 saturated heterocycles. The molecule has 0 spiro atoms. The van der Waals surface area contributed by atoms with Crippen LogP contribution in [-0.4, -0.2) is 62.5 Å². The first kappa shape index (κ1) is 11.9. The van der Waals surface area contributed by atoms with Crippen LogP contribution in [0.3, 0.4) is 0 Å². The molecular weight excluding hydrogens is 208 g/mol. The maximum Gasteiger partial charge on any atom is 0.373 e. The summed E-state index contributed by atoms with van der Waals surface area (Å²) in [6.07, 6.45) is -5.14. The lowest BCUT2D eigenvalue weighted by Gasteiger charge is -2.24. The zero-order valence-corrected chi connectivity index (χ0v) is 7.65. The van der Waals surface area contributed by atoms with E-state index in [2.05, 4.69) is 4.74 Å². The Kier molecular flexibility index (Phi) is 3.64. The summed E-state index contributed by atoms with van der Waals surface area (Å²) in [6.45, 7) is -0.741. The molecule has 15 heavy (non-hydrogen) atoms. The van der Waals surface area contributed by atoms with Gasteiger partial charge < -0.3 is 30.3 Å². The highest BCUT2D eigenvalue weighted by molar-refractivity contribution is 5.88. The molecule has 0 bridgehead atoms. The number of ether oxygens (including phenoxy) is 1. The third-order valence-electron chi connectivity index (χ3n) is 2.04. The lowest BCUT2D eigenvalue weighted by atomic mass is 10.0. The zero-order chi connectivity index (χ0) is 11.6. The minimum Gasteiger partial charge on any atom is -0.502 e. The van der Waals surface area contributed by atoms with Crippen molar-refractivity contribution < 1.29 is 35.1 Å². The Morgan fingerprint density at radius 2 is 2.00 bits per heavy atom. The Bertz CT molecular complexity index is 274. The molecule has 1 rings (SSSR count). The number of aliphatic hydroxyl groups is 5. The first-order valence-corrected chi connectivity index (χ1v) is 4.24. The number of esters is 1. The van der Waals surface area contributed by atoms with Crippen LogP contribution in [0.1, 0.15) is 0 Å². The van der Waals surface area contributed by atoms with Crippen molar-refractivity contribution in [2.24, 2.45) is 0 Å². The molecule has 0 amide bonds. The van der Waals surface area contributed by atoms with E-state index in [1.165, 1.54) is 0 Å². The first-order chi connectivity index (χ1) is 6.97. The molecule has 0 aliphatic carbocycles. The molecule has 7 heteroatoms. The van der Waals surface area contributed by atoms with Gasteiger partial charge >= 0.3 is 5.97 Å². The van der Waals surface area contributed by atoms with Gasteiger partial charge in [-0.3, -0.25) is 0 Å². The summed E-state index contributed by atoms with van der Waals surface area (Å²) in [7, 11) is 0. The molecule has 0 aromatic heterocycles. The second-order valence-electron chi connectivity index (χ2n) is 3.15. The van der Waals surface area contributed by atoms with Crippen LogP contribution >= 0.6 is 0 Å². The molecule has 0 radical (unpaired) electrons. The number of carbonyl (C=O) groups excluding carboxylic acids is 1. The zero-order valence-electron chi connectivity index (χ0n) is 7.65. The van der Waals surface area contributed by atoms with Crippen molar-refractivity contribution in [2.75, 3.05) is 6.61 Å². The monoisotopic (exact) mass is 220 g/mol. The number of hydrogen-bond acceptors (Lipinski definition) is 7. The van der Waals surface area contributed by atoms with E-state index in [1.807, 2.05) is 0 Å². The molecule has 7 nitrogen and oxygen atoms in total. The fourth-order valence-electron chi connectivity index (χ4n) is 1.14. The summed E-state index contributed by atoms with van der Waals surface area (Å²) >= 11 is 0. The Morgan fingerprint density at radius 3 is 2.40 bits per heavy atom. The van der Waals surface area contributed by atoms with Gasteiger partial charge in [0.1, 0.15) is 18.3 Å². The predicted octanol–water partition coefficient (Wildman–Crippen LogP) is -2.57. The third-order valence-corrected chi connectivity index (χ3v) is 2.04. The highest BCUT2D eigenvalue weighted by Gasteiger charge is 2.37. The number of hydrogen-bond donors (Lipinski definition) is 5. The van der Waals surface area contributed by atoms with Crippen LogP contribution < -0.4 is 0 Å². The van der Waals surface area contributed by atoms with Gasteiger partial charge in [-0.05, 0) is 0 Å². The first-order valence-electron chi connectivity index (χ1n) is 4.24. The van der Waals surface area contributed by atoms with Crippen LogP contribution in [0.2, 0.25) is 0 Å². The lowest BCUT2D eigenvalue weighted by Crippen LogP contribution is -2.45. The quantitative estimate of drug-likeness (QED) is 0.329. The molecule has 4 atom stereocenters. The van der Waals surface area contributed by atoms with Gasteiger partial charge in [0, 0.05) is 6.08 Å². The fourth-order valence-corrected chi connectivity index (χ4v) is 1.14. The summed E-state index contributed by atoms with van der Waals surface area (Å²) in [6, 6.07) is 0. The number of aliphatic hydroxyl groups excluding tert-OH is 5. The SMILES string of the molecule is O=C1O[C@@H]([C@@H](O)[C@H](O)[C@H](O)CO)C=C1O. The van der Waals surface area contributed by atoms with Gasteiger partial charge in [-0.15, -0.1) is 0 Å². The normalized spacial score (nSPS) is 26.8. The van der Waals surface area contributed by atoms with Crippen LogP contribution in [0.4, 0.5) is 0 Å². The van der Waals surface area contributed by atoms with Crippen LogP contribution in [-0.2, 0) is 9.53 Å². The van der Waals surface area contributed by atoms with E-state index in [-0.39, 0.29) is 0 Å². The fraction of sp³-hybridized carbons (Fsp3) is 0.625. The lowest BCUT2D eigenvalue weighted by molar-refractivity contribution is -0.154.